The van der Waals surface area contributed by atoms with Crippen LogP contribution in [0.15, 0.2) is 12.3 Å². The third-order valence-corrected chi connectivity index (χ3v) is 2.27. The zero-order valence-electron chi connectivity index (χ0n) is 8.66. The molecule has 1 aromatic heterocycles. The molecule has 16 heavy (non-hydrogen) atoms. The van der Waals surface area contributed by atoms with Gasteiger partial charge in [-0.1, -0.05) is 0 Å². The van der Waals surface area contributed by atoms with Crippen LogP contribution in [0.1, 0.15) is 10.5 Å². The predicted octanol–water partition coefficient (Wildman–Crippen LogP) is 0.299. The second-order valence-corrected chi connectivity index (χ2v) is 3.51. The van der Waals surface area contributed by atoms with Crippen LogP contribution in [0.4, 0.5) is 4.39 Å². The molecule has 2 N–H and O–H groups in total. The van der Waals surface area contributed by atoms with Crippen molar-refractivity contribution in [3.8, 4) is 0 Å². The number of aromatic nitrogens is 1. The molecule has 88 valence electrons. The average Bonchev–Trinajstić information content (AvgIpc) is 2.74. The van der Waals surface area contributed by atoms with Gasteiger partial charge in [-0.25, -0.2) is 4.39 Å². The van der Waals surface area contributed by atoms with E-state index in [-0.39, 0.29) is 17.7 Å². The fourth-order valence-corrected chi connectivity index (χ4v) is 1.46. The molecule has 0 spiro atoms. The molecular weight excluding hydrogens is 215 g/mol. The number of nitrogens with one attached hydrogen (secondary N) is 2. The van der Waals surface area contributed by atoms with E-state index >= 15 is 0 Å². The Balaban J connectivity index is 1.79. The van der Waals surface area contributed by atoms with Crippen LogP contribution in [0.25, 0.3) is 0 Å². The SMILES string of the molecule is O=C(NCC1COCCO1)c1cc(F)c[nH]1. The molecule has 1 amide bonds. The maximum Gasteiger partial charge on any atom is 0.267 e. The fraction of sp³-hybridized carbons (Fsp3) is 0.500. The van der Waals surface area contributed by atoms with Crippen molar-refractivity contribution >= 4 is 5.91 Å². The molecule has 0 aliphatic carbocycles. The lowest BCUT2D eigenvalue weighted by Crippen LogP contribution is -2.39. The smallest absolute Gasteiger partial charge is 0.267 e. The summed E-state index contributed by atoms with van der Waals surface area (Å²) < 4.78 is 23.2. The molecule has 0 saturated carbocycles. The maximum absolute atomic E-state index is 12.6. The van der Waals surface area contributed by atoms with Crippen molar-refractivity contribution < 1.29 is 18.7 Å². The van der Waals surface area contributed by atoms with E-state index in [1.165, 1.54) is 0 Å². The summed E-state index contributed by atoms with van der Waals surface area (Å²) in [6.45, 7) is 1.96. The van der Waals surface area contributed by atoms with Crippen LogP contribution in [0.2, 0.25) is 0 Å². The number of amides is 1. The molecule has 1 aromatic rings. The predicted molar refractivity (Wildman–Crippen MR) is 53.6 cm³/mol. The van der Waals surface area contributed by atoms with Crippen LogP contribution >= 0.6 is 0 Å². The highest BCUT2D eigenvalue weighted by atomic mass is 19.1. The van der Waals surface area contributed by atoms with Crippen LogP contribution in [-0.4, -0.2) is 43.4 Å². The van der Waals surface area contributed by atoms with E-state index in [2.05, 4.69) is 10.3 Å². The highest BCUT2D eigenvalue weighted by molar-refractivity contribution is 5.92. The molecule has 1 atom stereocenters. The van der Waals surface area contributed by atoms with Crippen LogP contribution in [0.3, 0.4) is 0 Å². The molecule has 0 bridgehead atoms. The average molecular weight is 228 g/mol. The summed E-state index contributed by atoms with van der Waals surface area (Å²) in [5, 5.41) is 2.64. The molecule has 6 heteroatoms. The zero-order valence-corrected chi connectivity index (χ0v) is 8.66. The normalized spacial score (nSPS) is 20.7. The number of halogens is 1. The van der Waals surface area contributed by atoms with Gasteiger partial charge in [-0.2, -0.15) is 0 Å². The van der Waals surface area contributed by atoms with Gasteiger partial charge in [-0.3, -0.25) is 4.79 Å². The lowest BCUT2D eigenvalue weighted by molar-refractivity contribution is -0.0855. The van der Waals surface area contributed by atoms with Gasteiger partial charge in [0.15, 0.2) is 0 Å². The quantitative estimate of drug-likeness (QED) is 0.782. The van der Waals surface area contributed by atoms with E-state index < -0.39 is 5.82 Å². The first-order valence-corrected chi connectivity index (χ1v) is 5.07. The van der Waals surface area contributed by atoms with Crippen molar-refractivity contribution in [2.75, 3.05) is 26.4 Å². The molecular formula is C10H13FN2O3. The van der Waals surface area contributed by atoms with Crippen molar-refractivity contribution in [3.05, 3.63) is 23.8 Å². The van der Waals surface area contributed by atoms with Crippen molar-refractivity contribution in [1.29, 1.82) is 0 Å². The Morgan fingerprint density at radius 3 is 3.12 bits per heavy atom. The first-order chi connectivity index (χ1) is 7.75. The summed E-state index contributed by atoms with van der Waals surface area (Å²) in [6, 6.07) is 1.15. The minimum atomic E-state index is -0.456. The number of rotatable bonds is 3. The number of hydrogen-bond acceptors (Lipinski definition) is 3. The Labute approximate surface area is 91.9 Å². The number of carbonyl (C=O) groups is 1. The molecule has 1 saturated heterocycles. The van der Waals surface area contributed by atoms with Gasteiger partial charge in [-0.15, -0.1) is 0 Å². The zero-order chi connectivity index (χ0) is 11.4. The Morgan fingerprint density at radius 1 is 1.62 bits per heavy atom. The van der Waals surface area contributed by atoms with Crippen molar-refractivity contribution in [1.82, 2.24) is 10.3 Å². The molecule has 1 aliphatic rings. The third kappa shape index (κ3) is 2.80. The van der Waals surface area contributed by atoms with Crippen molar-refractivity contribution in [2.24, 2.45) is 0 Å². The molecule has 1 unspecified atom stereocenters. The third-order valence-electron chi connectivity index (χ3n) is 2.27. The lowest BCUT2D eigenvalue weighted by atomic mass is 10.3. The van der Waals surface area contributed by atoms with Crippen LogP contribution in [0.5, 0.6) is 0 Å². The number of ether oxygens (including phenoxy) is 2. The van der Waals surface area contributed by atoms with E-state index in [1.54, 1.807) is 0 Å². The Kier molecular flexibility index (Phi) is 3.53. The van der Waals surface area contributed by atoms with Crippen LogP contribution in [-0.2, 0) is 9.47 Å². The van der Waals surface area contributed by atoms with E-state index in [0.29, 0.717) is 26.4 Å². The van der Waals surface area contributed by atoms with Gasteiger partial charge in [0, 0.05) is 18.8 Å². The highest BCUT2D eigenvalue weighted by Crippen LogP contribution is 2.02. The van der Waals surface area contributed by atoms with E-state index in [0.717, 1.165) is 12.3 Å². The summed E-state index contributed by atoms with van der Waals surface area (Å²) >= 11 is 0. The Morgan fingerprint density at radius 2 is 2.50 bits per heavy atom. The monoisotopic (exact) mass is 228 g/mol. The van der Waals surface area contributed by atoms with Gasteiger partial charge >= 0.3 is 0 Å². The minimum absolute atomic E-state index is 0.127. The molecule has 5 nitrogen and oxygen atoms in total. The molecule has 2 heterocycles. The van der Waals surface area contributed by atoms with Crippen molar-refractivity contribution in [2.45, 2.75) is 6.10 Å². The first kappa shape index (κ1) is 11.1. The Bertz CT molecular complexity index is 361. The second-order valence-electron chi connectivity index (χ2n) is 3.51. The van der Waals surface area contributed by atoms with Crippen LogP contribution < -0.4 is 5.32 Å². The summed E-state index contributed by atoms with van der Waals surface area (Å²) in [5.74, 6) is -0.805. The standard InChI is InChI=1S/C10H13FN2O3/c11-7-3-9(12-4-7)10(14)13-5-8-6-15-1-2-16-8/h3-4,8,12H,1-2,5-6H2,(H,13,14). The minimum Gasteiger partial charge on any atom is -0.376 e. The van der Waals surface area contributed by atoms with Gasteiger partial charge < -0.3 is 19.8 Å². The topological polar surface area (TPSA) is 63.4 Å². The van der Waals surface area contributed by atoms with Gasteiger partial charge in [-0.05, 0) is 0 Å². The van der Waals surface area contributed by atoms with Gasteiger partial charge in [0.1, 0.15) is 11.5 Å². The largest absolute Gasteiger partial charge is 0.376 e. The summed E-state index contributed by atoms with van der Waals surface area (Å²) in [4.78, 5) is 14.0. The maximum atomic E-state index is 12.6. The summed E-state index contributed by atoms with van der Waals surface area (Å²) in [7, 11) is 0. The van der Waals surface area contributed by atoms with E-state index in [4.69, 9.17) is 9.47 Å². The fourth-order valence-electron chi connectivity index (χ4n) is 1.46. The lowest BCUT2D eigenvalue weighted by Gasteiger charge is -2.22. The van der Waals surface area contributed by atoms with Crippen LogP contribution in [0, 0.1) is 5.82 Å². The van der Waals surface area contributed by atoms with Crippen molar-refractivity contribution in [3.63, 3.8) is 0 Å². The molecule has 0 aromatic carbocycles. The second kappa shape index (κ2) is 5.09. The van der Waals surface area contributed by atoms with Gasteiger partial charge in [0.05, 0.1) is 25.9 Å². The molecule has 0 radical (unpaired) electrons. The number of hydrogen-bond donors (Lipinski definition) is 2. The molecule has 1 fully saturated rings. The number of carbonyl (C=O) groups excluding carboxylic acids is 1. The first-order valence-electron chi connectivity index (χ1n) is 5.07. The Hall–Kier alpha value is -1.40. The summed E-state index contributed by atoms with van der Waals surface area (Å²) in [6.07, 6.45) is 1.01. The number of aromatic amines is 1. The molecule has 2 rings (SSSR count). The number of H-pyrrole nitrogens is 1. The van der Waals surface area contributed by atoms with E-state index in [1.807, 2.05) is 0 Å². The van der Waals surface area contributed by atoms with Gasteiger partial charge in [0.2, 0.25) is 0 Å². The van der Waals surface area contributed by atoms with Gasteiger partial charge in [0.25, 0.3) is 5.91 Å². The van der Waals surface area contributed by atoms with E-state index in [9.17, 15) is 9.18 Å². The summed E-state index contributed by atoms with van der Waals surface area (Å²) in [5.41, 5.74) is 0.203. The molecule has 1 aliphatic heterocycles. The highest BCUT2D eigenvalue weighted by Gasteiger charge is 2.16.